The number of nitrogens with one attached hydrogen (secondary N) is 1. The molecule has 1 heterocycles. The van der Waals surface area contributed by atoms with Crippen molar-refractivity contribution in [1.29, 1.82) is 0 Å². The van der Waals surface area contributed by atoms with Gasteiger partial charge < -0.3 is 5.32 Å². The van der Waals surface area contributed by atoms with Gasteiger partial charge in [0.05, 0.1) is 5.75 Å². The van der Waals surface area contributed by atoms with E-state index in [9.17, 15) is 8.42 Å². The Bertz CT molecular complexity index is 520. The smallest absolute Gasteiger partial charge is 0.218 e. The fourth-order valence-corrected chi connectivity index (χ4v) is 4.37. The molecule has 0 aliphatic carbocycles. The van der Waals surface area contributed by atoms with Gasteiger partial charge in [0.1, 0.15) is 0 Å². The van der Waals surface area contributed by atoms with Gasteiger partial charge in [-0.05, 0) is 25.1 Å². The Morgan fingerprint density at radius 2 is 1.84 bits per heavy atom. The van der Waals surface area contributed by atoms with Gasteiger partial charge in [0.25, 0.3) is 0 Å². The van der Waals surface area contributed by atoms with E-state index in [1.165, 1.54) is 4.31 Å². The Hall–Kier alpha value is -0.330. The first-order chi connectivity index (χ1) is 9.00. The average molecular weight is 323 g/mol. The third-order valence-electron chi connectivity index (χ3n) is 3.08. The van der Waals surface area contributed by atoms with E-state index in [-0.39, 0.29) is 5.75 Å². The van der Waals surface area contributed by atoms with Crippen LogP contribution in [0.1, 0.15) is 12.0 Å². The van der Waals surface area contributed by atoms with Crippen LogP contribution in [0.5, 0.6) is 0 Å². The minimum absolute atomic E-state index is 0.147. The van der Waals surface area contributed by atoms with E-state index in [1.807, 2.05) is 0 Å². The molecule has 1 aromatic carbocycles. The first kappa shape index (κ1) is 15.1. The molecule has 0 amide bonds. The molecule has 1 aliphatic heterocycles. The van der Waals surface area contributed by atoms with Gasteiger partial charge in [0.15, 0.2) is 0 Å². The molecule has 1 aromatic rings. The Kier molecular flexibility index (Phi) is 5.09. The molecule has 0 radical (unpaired) electrons. The minimum atomic E-state index is -3.38. The molecule has 0 aromatic heterocycles. The van der Waals surface area contributed by atoms with Crippen LogP contribution in [0.4, 0.5) is 0 Å². The second-order valence-electron chi connectivity index (χ2n) is 4.46. The summed E-state index contributed by atoms with van der Waals surface area (Å²) >= 11 is 12.1. The van der Waals surface area contributed by atoms with Crippen molar-refractivity contribution in [3.63, 3.8) is 0 Å². The van der Waals surface area contributed by atoms with Crippen LogP contribution >= 0.6 is 23.2 Å². The quantitative estimate of drug-likeness (QED) is 0.927. The Morgan fingerprint density at radius 3 is 2.53 bits per heavy atom. The Labute approximate surface area is 123 Å². The number of sulfonamides is 1. The highest BCUT2D eigenvalue weighted by Crippen LogP contribution is 2.27. The van der Waals surface area contributed by atoms with Crippen molar-refractivity contribution < 1.29 is 8.42 Å². The first-order valence-corrected chi connectivity index (χ1v) is 8.48. The monoisotopic (exact) mass is 322 g/mol. The summed E-state index contributed by atoms with van der Waals surface area (Å²) in [5.74, 6) is -0.147. The van der Waals surface area contributed by atoms with Crippen LogP contribution in [0, 0.1) is 0 Å². The van der Waals surface area contributed by atoms with Crippen molar-refractivity contribution in [1.82, 2.24) is 9.62 Å². The van der Waals surface area contributed by atoms with E-state index in [2.05, 4.69) is 5.32 Å². The zero-order valence-electron chi connectivity index (χ0n) is 10.4. The summed E-state index contributed by atoms with van der Waals surface area (Å²) < 4.78 is 26.3. The maximum atomic E-state index is 12.4. The molecule has 0 unspecified atom stereocenters. The lowest BCUT2D eigenvalue weighted by Crippen LogP contribution is -2.35. The van der Waals surface area contributed by atoms with Gasteiger partial charge in [-0.1, -0.05) is 29.3 Å². The molecule has 0 bridgehead atoms. The predicted molar refractivity (Wildman–Crippen MR) is 78.1 cm³/mol. The highest BCUT2D eigenvalue weighted by molar-refractivity contribution is 7.88. The lowest BCUT2D eigenvalue weighted by atomic mass is 10.2. The minimum Gasteiger partial charge on any atom is -0.315 e. The third-order valence-corrected chi connectivity index (χ3v) is 5.59. The standard InChI is InChI=1S/C12H16Cl2N2O2S/c13-11-3-1-4-12(14)10(11)9-19(17,18)16-7-2-5-15-6-8-16/h1,3-4,15H,2,5-9H2. The Morgan fingerprint density at radius 1 is 1.16 bits per heavy atom. The van der Waals surface area contributed by atoms with Gasteiger partial charge in [-0.15, -0.1) is 0 Å². The van der Waals surface area contributed by atoms with Crippen LogP contribution in [0.25, 0.3) is 0 Å². The second-order valence-corrected chi connectivity index (χ2v) is 7.24. The van der Waals surface area contributed by atoms with Crippen molar-refractivity contribution in [2.75, 3.05) is 26.2 Å². The van der Waals surface area contributed by atoms with Crippen molar-refractivity contribution in [2.45, 2.75) is 12.2 Å². The zero-order valence-corrected chi connectivity index (χ0v) is 12.7. The van der Waals surface area contributed by atoms with Crippen LogP contribution < -0.4 is 5.32 Å². The van der Waals surface area contributed by atoms with Gasteiger partial charge in [0, 0.05) is 35.2 Å². The molecular formula is C12H16Cl2N2O2S. The first-order valence-electron chi connectivity index (χ1n) is 6.12. The highest BCUT2D eigenvalue weighted by Gasteiger charge is 2.25. The van der Waals surface area contributed by atoms with E-state index in [0.29, 0.717) is 35.2 Å². The number of hydrogen-bond donors (Lipinski definition) is 1. The SMILES string of the molecule is O=S(=O)(Cc1c(Cl)cccc1Cl)N1CCCNCC1. The van der Waals surface area contributed by atoms with Crippen molar-refractivity contribution in [3.05, 3.63) is 33.8 Å². The number of halogens is 2. The summed E-state index contributed by atoms with van der Waals surface area (Å²) in [7, 11) is -3.38. The zero-order chi connectivity index (χ0) is 13.9. The molecule has 106 valence electrons. The van der Waals surface area contributed by atoms with Crippen molar-refractivity contribution in [3.8, 4) is 0 Å². The van der Waals surface area contributed by atoms with E-state index in [4.69, 9.17) is 23.2 Å². The van der Waals surface area contributed by atoms with Crippen LogP contribution in [0.2, 0.25) is 10.0 Å². The summed E-state index contributed by atoms with van der Waals surface area (Å²) in [4.78, 5) is 0. The summed E-state index contributed by atoms with van der Waals surface area (Å²) in [6.45, 7) is 2.55. The van der Waals surface area contributed by atoms with Crippen LogP contribution in [-0.4, -0.2) is 38.9 Å². The maximum absolute atomic E-state index is 12.4. The summed E-state index contributed by atoms with van der Waals surface area (Å²) in [5.41, 5.74) is 0.475. The molecule has 7 heteroatoms. The summed E-state index contributed by atoms with van der Waals surface area (Å²) in [6.07, 6.45) is 0.815. The highest BCUT2D eigenvalue weighted by atomic mass is 35.5. The van der Waals surface area contributed by atoms with Gasteiger partial charge in [-0.2, -0.15) is 0 Å². The van der Waals surface area contributed by atoms with E-state index in [0.717, 1.165) is 13.0 Å². The van der Waals surface area contributed by atoms with Crippen LogP contribution in [-0.2, 0) is 15.8 Å². The van der Waals surface area contributed by atoms with Gasteiger partial charge in [-0.25, -0.2) is 12.7 Å². The Balaban J connectivity index is 2.20. The third kappa shape index (κ3) is 3.83. The van der Waals surface area contributed by atoms with E-state index >= 15 is 0 Å². The number of nitrogens with zero attached hydrogens (tertiary/aromatic N) is 1. The largest absolute Gasteiger partial charge is 0.315 e. The predicted octanol–water partition coefficient (Wildman–Crippen LogP) is 2.12. The average Bonchev–Trinajstić information content (AvgIpc) is 2.63. The second kappa shape index (κ2) is 6.41. The molecule has 4 nitrogen and oxygen atoms in total. The molecule has 1 saturated heterocycles. The van der Waals surface area contributed by atoms with Crippen LogP contribution in [0.15, 0.2) is 18.2 Å². The fraction of sp³-hybridized carbons (Fsp3) is 0.500. The molecule has 2 rings (SSSR count). The molecular weight excluding hydrogens is 307 g/mol. The summed E-state index contributed by atoms with van der Waals surface area (Å²) in [5, 5.41) is 3.96. The lowest BCUT2D eigenvalue weighted by Gasteiger charge is -2.20. The van der Waals surface area contributed by atoms with E-state index in [1.54, 1.807) is 18.2 Å². The van der Waals surface area contributed by atoms with Gasteiger partial charge in [-0.3, -0.25) is 0 Å². The molecule has 0 atom stereocenters. The number of benzene rings is 1. The molecule has 1 fully saturated rings. The number of rotatable bonds is 3. The lowest BCUT2D eigenvalue weighted by molar-refractivity contribution is 0.431. The van der Waals surface area contributed by atoms with E-state index < -0.39 is 10.0 Å². The van der Waals surface area contributed by atoms with Crippen molar-refractivity contribution in [2.24, 2.45) is 0 Å². The fourth-order valence-electron chi connectivity index (χ4n) is 2.04. The topological polar surface area (TPSA) is 49.4 Å². The maximum Gasteiger partial charge on any atom is 0.218 e. The summed E-state index contributed by atoms with van der Waals surface area (Å²) in [6, 6.07) is 5.02. The normalized spacial score (nSPS) is 18.2. The number of hydrogen-bond acceptors (Lipinski definition) is 3. The molecule has 1 N–H and O–H groups in total. The molecule has 1 aliphatic rings. The molecule has 19 heavy (non-hydrogen) atoms. The van der Waals surface area contributed by atoms with Gasteiger partial charge >= 0.3 is 0 Å². The van der Waals surface area contributed by atoms with Crippen LogP contribution in [0.3, 0.4) is 0 Å². The molecule has 0 saturated carbocycles. The van der Waals surface area contributed by atoms with Crippen molar-refractivity contribution >= 4 is 33.2 Å². The molecule has 0 spiro atoms. The van der Waals surface area contributed by atoms with Gasteiger partial charge in [0.2, 0.25) is 10.0 Å².